The number of nitrogens with zero attached hydrogens (tertiary/aromatic N) is 1. The van der Waals surface area contributed by atoms with Crippen molar-refractivity contribution >= 4 is 15.9 Å². The Morgan fingerprint density at radius 3 is 2.47 bits per heavy atom. The second-order valence-electron chi connectivity index (χ2n) is 4.06. The Hall–Kier alpha value is -1.40. The van der Waals surface area contributed by atoms with Crippen molar-refractivity contribution in [3.63, 3.8) is 0 Å². The lowest BCUT2D eigenvalue weighted by molar-refractivity contribution is 0.504. The van der Waals surface area contributed by atoms with Crippen LogP contribution in [-0.4, -0.2) is 32.2 Å². The van der Waals surface area contributed by atoms with Crippen LogP contribution in [0.15, 0.2) is 23.1 Å². The molecule has 0 fully saturated rings. The normalized spacial score (nSPS) is 11.8. The fraction of sp³-hybridized carbons (Fsp3) is 0.364. The molecule has 0 spiro atoms. The van der Waals surface area contributed by atoms with Gasteiger partial charge in [-0.1, -0.05) is 17.7 Å². The van der Waals surface area contributed by atoms with E-state index >= 15 is 0 Å². The van der Waals surface area contributed by atoms with E-state index in [2.05, 4.69) is 0 Å². The van der Waals surface area contributed by atoms with Crippen molar-refractivity contribution in [1.29, 1.82) is 5.41 Å². The highest BCUT2D eigenvalue weighted by Gasteiger charge is 2.22. The van der Waals surface area contributed by atoms with Crippen LogP contribution in [0.25, 0.3) is 0 Å². The van der Waals surface area contributed by atoms with Crippen LogP contribution in [0, 0.1) is 19.3 Å². The van der Waals surface area contributed by atoms with Gasteiger partial charge in [-0.3, -0.25) is 5.41 Å². The van der Waals surface area contributed by atoms with E-state index in [1.165, 1.54) is 7.05 Å². The minimum Gasteiger partial charge on any atom is -0.387 e. The summed E-state index contributed by atoms with van der Waals surface area (Å²) in [5.41, 5.74) is 6.91. The molecule has 0 aliphatic carbocycles. The molecule has 6 heteroatoms. The summed E-state index contributed by atoms with van der Waals surface area (Å²) < 4.78 is 25.4. The summed E-state index contributed by atoms with van der Waals surface area (Å²) in [6.45, 7) is 3.56. The zero-order chi connectivity index (χ0) is 13.2. The van der Waals surface area contributed by atoms with Crippen LogP contribution in [-0.2, 0) is 10.0 Å². The number of aryl methyl sites for hydroxylation is 2. The molecule has 0 radical (unpaired) electrons. The lowest BCUT2D eigenvalue weighted by Gasteiger charge is -2.17. The van der Waals surface area contributed by atoms with Gasteiger partial charge in [0.25, 0.3) is 0 Å². The standard InChI is InChI=1S/C11H17N3O2S/c1-8-4-5-10(9(2)6-8)17(15,16)14(3)7-11(12)13/h4-6H,7H2,1-3H3,(H3,12,13). The maximum absolute atomic E-state index is 12.2. The summed E-state index contributed by atoms with van der Waals surface area (Å²) in [4.78, 5) is 0.256. The highest BCUT2D eigenvalue weighted by molar-refractivity contribution is 7.89. The van der Waals surface area contributed by atoms with Gasteiger partial charge in [-0.25, -0.2) is 8.42 Å². The van der Waals surface area contributed by atoms with Gasteiger partial charge in [-0.15, -0.1) is 0 Å². The fourth-order valence-corrected chi connectivity index (χ4v) is 2.93. The maximum Gasteiger partial charge on any atom is 0.243 e. The molecule has 0 bridgehead atoms. The van der Waals surface area contributed by atoms with Crippen LogP contribution >= 0.6 is 0 Å². The molecular formula is C11H17N3O2S. The predicted molar refractivity (Wildman–Crippen MR) is 67.6 cm³/mol. The molecule has 1 aromatic carbocycles. The average molecular weight is 255 g/mol. The second-order valence-corrected chi connectivity index (χ2v) is 6.07. The Balaban J connectivity index is 3.17. The Kier molecular flexibility index (Phi) is 3.90. The summed E-state index contributed by atoms with van der Waals surface area (Å²) in [5.74, 6) is -0.180. The van der Waals surface area contributed by atoms with Gasteiger partial charge in [0.15, 0.2) is 0 Å². The number of nitrogens with one attached hydrogen (secondary N) is 1. The molecule has 0 aliphatic rings. The summed E-state index contributed by atoms with van der Waals surface area (Å²) >= 11 is 0. The molecule has 0 saturated heterocycles. The lowest BCUT2D eigenvalue weighted by Crippen LogP contribution is -2.35. The van der Waals surface area contributed by atoms with Crippen LogP contribution in [0.1, 0.15) is 11.1 Å². The molecule has 0 aromatic heterocycles. The smallest absolute Gasteiger partial charge is 0.243 e. The summed E-state index contributed by atoms with van der Waals surface area (Å²) in [7, 11) is -2.16. The van der Waals surface area contributed by atoms with Crippen LogP contribution in [0.3, 0.4) is 0 Å². The third-order valence-electron chi connectivity index (χ3n) is 2.41. The van der Waals surface area contributed by atoms with E-state index in [0.29, 0.717) is 5.56 Å². The topological polar surface area (TPSA) is 87.2 Å². The molecule has 0 saturated carbocycles. The summed E-state index contributed by atoms with van der Waals surface area (Å²) in [5, 5.41) is 7.13. The molecule has 17 heavy (non-hydrogen) atoms. The highest BCUT2D eigenvalue weighted by Crippen LogP contribution is 2.19. The summed E-state index contributed by atoms with van der Waals surface area (Å²) in [6, 6.07) is 5.15. The molecule has 0 amide bonds. The van der Waals surface area contributed by atoms with Crippen LogP contribution in [0.4, 0.5) is 0 Å². The molecule has 1 aromatic rings. The van der Waals surface area contributed by atoms with Crippen LogP contribution in [0.2, 0.25) is 0 Å². The van der Waals surface area contributed by atoms with E-state index in [-0.39, 0.29) is 17.3 Å². The number of likely N-dealkylation sites (N-methyl/N-ethyl adjacent to an activating group) is 1. The molecule has 0 aliphatic heterocycles. The van der Waals surface area contributed by atoms with Crippen LogP contribution < -0.4 is 5.73 Å². The number of hydrogen-bond acceptors (Lipinski definition) is 3. The van der Waals surface area contributed by atoms with Gasteiger partial charge in [0.05, 0.1) is 11.4 Å². The molecule has 1 rings (SSSR count). The van der Waals surface area contributed by atoms with Gasteiger partial charge in [0.2, 0.25) is 10.0 Å². The van der Waals surface area contributed by atoms with Gasteiger partial charge >= 0.3 is 0 Å². The Morgan fingerprint density at radius 2 is 2.00 bits per heavy atom. The molecular weight excluding hydrogens is 238 g/mol. The van der Waals surface area contributed by atoms with E-state index in [0.717, 1.165) is 9.87 Å². The average Bonchev–Trinajstić information content (AvgIpc) is 2.15. The zero-order valence-electron chi connectivity index (χ0n) is 10.2. The first kappa shape index (κ1) is 13.7. The number of hydrogen-bond donors (Lipinski definition) is 2. The number of benzene rings is 1. The lowest BCUT2D eigenvalue weighted by atomic mass is 10.2. The largest absolute Gasteiger partial charge is 0.387 e. The Labute approximate surface area is 102 Å². The van der Waals surface area contributed by atoms with Crippen molar-refractivity contribution < 1.29 is 8.42 Å². The predicted octanol–water partition coefficient (Wildman–Crippen LogP) is 0.860. The highest BCUT2D eigenvalue weighted by atomic mass is 32.2. The van der Waals surface area contributed by atoms with Gasteiger partial charge < -0.3 is 5.73 Å². The molecule has 5 nitrogen and oxygen atoms in total. The number of sulfonamides is 1. The summed E-state index contributed by atoms with van der Waals surface area (Å²) in [6.07, 6.45) is 0. The fourth-order valence-electron chi connectivity index (χ4n) is 1.58. The van der Waals surface area contributed by atoms with Crippen molar-refractivity contribution in [2.24, 2.45) is 5.73 Å². The third kappa shape index (κ3) is 3.04. The van der Waals surface area contributed by atoms with E-state index in [4.69, 9.17) is 11.1 Å². The first-order valence-corrected chi connectivity index (χ1v) is 6.55. The van der Waals surface area contributed by atoms with Crippen molar-refractivity contribution in [2.75, 3.05) is 13.6 Å². The van der Waals surface area contributed by atoms with Gasteiger partial charge in [0.1, 0.15) is 5.84 Å². The second kappa shape index (κ2) is 4.85. The molecule has 0 heterocycles. The minimum absolute atomic E-state index is 0.102. The van der Waals surface area contributed by atoms with E-state index < -0.39 is 10.0 Å². The molecule has 0 atom stereocenters. The minimum atomic E-state index is -3.57. The van der Waals surface area contributed by atoms with Crippen molar-refractivity contribution in [1.82, 2.24) is 4.31 Å². The first-order valence-electron chi connectivity index (χ1n) is 5.11. The van der Waals surface area contributed by atoms with Crippen molar-refractivity contribution in [3.8, 4) is 0 Å². The Morgan fingerprint density at radius 1 is 1.41 bits per heavy atom. The number of amidine groups is 1. The Bertz CT molecular complexity index is 538. The zero-order valence-corrected chi connectivity index (χ0v) is 11.0. The molecule has 0 unspecified atom stereocenters. The van der Waals surface area contributed by atoms with Gasteiger partial charge in [-0.2, -0.15) is 4.31 Å². The SMILES string of the molecule is Cc1ccc(S(=O)(=O)N(C)CC(=N)N)c(C)c1. The monoisotopic (exact) mass is 255 g/mol. The number of nitrogens with two attached hydrogens (primary N) is 1. The van der Waals surface area contributed by atoms with Gasteiger partial charge in [0, 0.05) is 7.05 Å². The van der Waals surface area contributed by atoms with E-state index in [9.17, 15) is 8.42 Å². The molecule has 94 valence electrons. The third-order valence-corrected chi connectivity index (χ3v) is 4.38. The van der Waals surface area contributed by atoms with E-state index in [1.54, 1.807) is 19.1 Å². The number of rotatable bonds is 4. The van der Waals surface area contributed by atoms with E-state index in [1.807, 2.05) is 13.0 Å². The van der Waals surface area contributed by atoms with Gasteiger partial charge in [-0.05, 0) is 25.5 Å². The quantitative estimate of drug-likeness (QED) is 0.618. The first-order chi connectivity index (χ1) is 7.75. The van der Waals surface area contributed by atoms with Crippen LogP contribution in [0.5, 0.6) is 0 Å². The molecule has 3 N–H and O–H groups in total. The van der Waals surface area contributed by atoms with Crippen molar-refractivity contribution in [2.45, 2.75) is 18.7 Å². The van der Waals surface area contributed by atoms with Crippen molar-refractivity contribution in [3.05, 3.63) is 29.3 Å². The maximum atomic E-state index is 12.2.